The first-order chi connectivity index (χ1) is 16.6. The fraction of sp³-hybridized carbons (Fsp3) is 0.828. The van der Waals surface area contributed by atoms with E-state index in [0.29, 0.717) is 24.4 Å². The number of aliphatic hydroxyl groups excluding tert-OH is 1. The molecule has 4 aliphatic carbocycles. The van der Waals surface area contributed by atoms with Gasteiger partial charge in [-0.2, -0.15) is 0 Å². The number of hydrogen-bond acceptors (Lipinski definition) is 6. The molecule has 4 fully saturated rings. The standard InChI is InChI=1S/C29H42O6/c1-17-24(30)6-7-26(34-17)35-20-8-11-27(2)19(15-20)4-5-23-22(27)9-12-28(3)21(10-13-29(23,28)32)18-14-25(31)33-16-18/h6-7,14,17,19-24,26,30,32H,4-5,8-13,15-16H2,1-3H3/t17-,19-,20+,21-,22+,23-,24+,26+,27+,28-,29+/m1/s1. The zero-order valence-corrected chi connectivity index (χ0v) is 21.4. The van der Waals surface area contributed by atoms with Gasteiger partial charge in [-0.05, 0) is 105 Å². The summed E-state index contributed by atoms with van der Waals surface area (Å²) in [4.78, 5) is 11.8. The zero-order chi connectivity index (χ0) is 24.6. The van der Waals surface area contributed by atoms with Crippen LogP contribution in [0, 0.1) is 34.5 Å². The van der Waals surface area contributed by atoms with Crippen LogP contribution in [-0.4, -0.2) is 53.0 Å². The van der Waals surface area contributed by atoms with Crippen molar-refractivity contribution < 1.29 is 29.2 Å². The van der Waals surface area contributed by atoms with Crippen LogP contribution < -0.4 is 0 Å². The fourth-order valence-corrected chi connectivity index (χ4v) is 9.46. The zero-order valence-electron chi connectivity index (χ0n) is 21.4. The van der Waals surface area contributed by atoms with Gasteiger partial charge >= 0.3 is 5.97 Å². The lowest BCUT2D eigenvalue weighted by Gasteiger charge is -2.63. The van der Waals surface area contributed by atoms with Gasteiger partial charge in [0.2, 0.25) is 0 Å². The Morgan fingerprint density at radius 3 is 2.60 bits per heavy atom. The Morgan fingerprint density at radius 2 is 1.86 bits per heavy atom. The lowest BCUT2D eigenvalue weighted by Crippen LogP contribution is -2.62. The number of fused-ring (bicyclic) bond motifs is 5. The van der Waals surface area contributed by atoms with E-state index in [0.717, 1.165) is 63.4 Å². The topological polar surface area (TPSA) is 85.2 Å². The van der Waals surface area contributed by atoms with Crippen LogP contribution >= 0.6 is 0 Å². The maximum absolute atomic E-state index is 12.4. The molecule has 0 aromatic heterocycles. The average Bonchev–Trinajstić information content (AvgIpc) is 3.36. The monoisotopic (exact) mass is 486 g/mol. The van der Waals surface area contributed by atoms with E-state index < -0.39 is 11.7 Å². The third-order valence-corrected chi connectivity index (χ3v) is 11.6. The molecule has 2 N–H and O–H groups in total. The molecule has 4 saturated carbocycles. The van der Waals surface area contributed by atoms with Crippen molar-refractivity contribution >= 4 is 5.97 Å². The molecule has 194 valence electrons. The molecule has 2 aliphatic heterocycles. The molecular formula is C29H42O6. The van der Waals surface area contributed by atoms with Crippen LogP contribution in [0.25, 0.3) is 0 Å². The molecule has 6 aliphatic rings. The van der Waals surface area contributed by atoms with Crippen molar-refractivity contribution in [1.82, 2.24) is 0 Å². The minimum Gasteiger partial charge on any atom is -0.458 e. The number of esters is 1. The maximum atomic E-state index is 12.4. The molecule has 0 spiro atoms. The van der Waals surface area contributed by atoms with E-state index in [-0.39, 0.29) is 41.2 Å². The van der Waals surface area contributed by atoms with Gasteiger partial charge in [0, 0.05) is 11.5 Å². The number of carbonyl (C=O) groups is 1. The quantitative estimate of drug-likeness (QED) is 0.457. The molecule has 0 aromatic rings. The van der Waals surface area contributed by atoms with E-state index in [4.69, 9.17) is 14.2 Å². The molecule has 0 aromatic carbocycles. The summed E-state index contributed by atoms with van der Waals surface area (Å²) in [7, 11) is 0. The Labute approximate surface area is 209 Å². The van der Waals surface area contributed by atoms with E-state index in [9.17, 15) is 15.0 Å². The highest BCUT2D eigenvalue weighted by molar-refractivity contribution is 5.85. The second-order valence-electron chi connectivity index (χ2n) is 12.9. The number of ether oxygens (including phenoxy) is 3. The van der Waals surface area contributed by atoms with Gasteiger partial charge in [-0.3, -0.25) is 0 Å². The third-order valence-electron chi connectivity index (χ3n) is 11.6. The summed E-state index contributed by atoms with van der Waals surface area (Å²) in [6, 6.07) is 0. The maximum Gasteiger partial charge on any atom is 0.331 e. The van der Waals surface area contributed by atoms with Crippen molar-refractivity contribution in [2.45, 2.75) is 109 Å². The van der Waals surface area contributed by atoms with Gasteiger partial charge in [-0.15, -0.1) is 0 Å². The summed E-state index contributed by atoms with van der Waals surface area (Å²) in [6.45, 7) is 7.07. The van der Waals surface area contributed by atoms with Crippen LogP contribution in [0.2, 0.25) is 0 Å². The fourth-order valence-electron chi connectivity index (χ4n) is 9.46. The normalized spacial score (nSPS) is 53.4. The van der Waals surface area contributed by atoms with Gasteiger partial charge in [0.1, 0.15) is 6.61 Å². The van der Waals surface area contributed by atoms with E-state index in [1.165, 1.54) is 0 Å². The van der Waals surface area contributed by atoms with E-state index in [2.05, 4.69) is 13.8 Å². The number of rotatable bonds is 3. The van der Waals surface area contributed by atoms with Crippen molar-refractivity contribution in [2.24, 2.45) is 34.5 Å². The van der Waals surface area contributed by atoms with Crippen molar-refractivity contribution in [2.75, 3.05) is 6.61 Å². The van der Waals surface area contributed by atoms with E-state index in [1.807, 2.05) is 13.0 Å². The summed E-state index contributed by atoms with van der Waals surface area (Å²) >= 11 is 0. The summed E-state index contributed by atoms with van der Waals surface area (Å²) in [5, 5.41) is 22.2. The van der Waals surface area contributed by atoms with Crippen LogP contribution in [0.5, 0.6) is 0 Å². The van der Waals surface area contributed by atoms with E-state index >= 15 is 0 Å². The molecule has 2 heterocycles. The van der Waals surface area contributed by atoms with Crippen LogP contribution in [0.1, 0.15) is 78.6 Å². The van der Waals surface area contributed by atoms with Gasteiger partial charge in [0.15, 0.2) is 6.29 Å². The molecule has 6 heteroatoms. The molecule has 6 nitrogen and oxygen atoms in total. The van der Waals surface area contributed by atoms with Crippen LogP contribution in [-0.2, 0) is 19.0 Å². The second-order valence-corrected chi connectivity index (χ2v) is 12.9. The second kappa shape index (κ2) is 8.41. The summed E-state index contributed by atoms with van der Waals surface area (Å²) < 4.78 is 17.5. The molecule has 0 radical (unpaired) electrons. The summed E-state index contributed by atoms with van der Waals surface area (Å²) in [5.74, 6) is 1.50. The summed E-state index contributed by atoms with van der Waals surface area (Å²) in [6.07, 6.45) is 13.7. The molecule has 0 unspecified atom stereocenters. The minimum atomic E-state index is -0.661. The molecule has 0 amide bonds. The number of hydrogen-bond donors (Lipinski definition) is 2. The smallest absolute Gasteiger partial charge is 0.331 e. The molecule has 0 bridgehead atoms. The molecule has 6 rings (SSSR count). The van der Waals surface area contributed by atoms with E-state index in [1.54, 1.807) is 12.2 Å². The first kappa shape index (κ1) is 24.1. The Kier molecular flexibility index (Phi) is 5.80. The highest BCUT2D eigenvalue weighted by Gasteiger charge is 2.67. The van der Waals surface area contributed by atoms with Gasteiger partial charge in [-0.1, -0.05) is 19.9 Å². The Bertz CT molecular complexity index is 928. The predicted octanol–water partition coefficient (Wildman–Crippen LogP) is 4.29. The third kappa shape index (κ3) is 3.61. The number of aliphatic hydroxyl groups is 2. The van der Waals surface area contributed by atoms with Crippen molar-refractivity contribution in [1.29, 1.82) is 0 Å². The Morgan fingerprint density at radius 1 is 1.03 bits per heavy atom. The first-order valence-corrected chi connectivity index (χ1v) is 13.9. The van der Waals surface area contributed by atoms with Crippen molar-refractivity contribution in [3.8, 4) is 0 Å². The minimum absolute atomic E-state index is 0.177. The largest absolute Gasteiger partial charge is 0.458 e. The van der Waals surface area contributed by atoms with Crippen LogP contribution in [0.4, 0.5) is 0 Å². The number of carbonyl (C=O) groups excluding carboxylic acids is 1. The Hall–Kier alpha value is -1.21. The van der Waals surface area contributed by atoms with Gasteiger partial charge in [0.05, 0.1) is 23.9 Å². The van der Waals surface area contributed by atoms with Crippen molar-refractivity contribution in [3.63, 3.8) is 0 Å². The highest BCUT2D eigenvalue weighted by atomic mass is 16.7. The van der Waals surface area contributed by atoms with Crippen molar-refractivity contribution in [3.05, 3.63) is 23.8 Å². The Balaban J connectivity index is 1.17. The van der Waals surface area contributed by atoms with Gasteiger partial charge in [-0.25, -0.2) is 4.79 Å². The van der Waals surface area contributed by atoms with Gasteiger partial charge in [0.25, 0.3) is 0 Å². The lowest BCUT2D eigenvalue weighted by atomic mass is 9.43. The summed E-state index contributed by atoms with van der Waals surface area (Å²) in [5.41, 5.74) is 0.497. The molecule has 35 heavy (non-hydrogen) atoms. The molecule has 11 atom stereocenters. The predicted molar refractivity (Wildman–Crippen MR) is 130 cm³/mol. The highest BCUT2D eigenvalue weighted by Crippen LogP contribution is 2.70. The molecule has 0 saturated heterocycles. The molecular weight excluding hydrogens is 444 g/mol. The van der Waals surface area contributed by atoms with Gasteiger partial charge < -0.3 is 24.4 Å². The van der Waals surface area contributed by atoms with Crippen LogP contribution in [0.15, 0.2) is 23.8 Å². The SMILES string of the molecule is C[C@H]1O[C@@H](O[C@H]2CC[C@@]3(C)[C@H](CC[C@@H]4[C@@H]3CC[C@]3(C)[C@@H](C5=CC(=O)OC5)CC[C@]43O)C2)C=C[C@@H]1O. The number of cyclic esters (lactones) is 1. The first-order valence-electron chi connectivity index (χ1n) is 13.9. The lowest BCUT2D eigenvalue weighted by molar-refractivity contribution is -0.226. The van der Waals surface area contributed by atoms with Crippen LogP contribution in [0.3, 0.4) is 0 Å². The average molecular weight is 487 g/mol.